The number of aromatic nitrogens is 2. The number of amides is 1. The first-order chi connectivity index (χ1) is 11.0. The van der Waals surface area contributed by atoms with E-state index in [1.165, 1.54) is 5.56 Å². The summed E-state index contributed by atoms with van der Waals surface area (Å²) in [4.78, 5) is 19.4. The summed E-state index contributed by atoms with van der Waals surface area (Å²) in [5.74, 6) is -0.0834. The lowest BCUT2D eigenvalue weighted by molar-refractivity contribution is -0.124. The number of aryl methyl sites for hydroxylation is 1. The number of imidazole rings is 1. The van der Waals surface area contributed by atoms with Crippen LogP contribution in [-0.4, -0.2) is 32.9 Å². The van der Waals surface area contributed by atoms with Crippen molar-refractivity contribution in [2.75, 3.05) is 6.54 Å². The molecular formula is C18H24N4O. The van der Waals surface area contributed by atoms with Crippen molar-refractivity contribution in [1.82, 2.24) is 19.8 Å². The molecule has 0 saturated heterocycles. The molecule has 0 aliphatic carbocycles. The van der Waals surface area contributed by atoms with Gasteiger partial charge in [0.1, 0.15) is 0 Å². The normalized spacial score (nSPS) is 18.0. The Balaban J connectivity index is 1.83. The maximum absolute atomic E-state index is 12.6. The third-order valence-corrected chi connectivity index (χ3v) is 4.20. The maximum atomic E-state index is 12.6. The highest BCUT2D eigenvalue weighted by Gasteiger charge is 2.33. The molecule has 0 bridgehead atoms. The molecule has 1 aliphatic rings. The smallest absolute Gasteiger partial charge is 0.230 e. The molecule has 2 aromatic rings. The molecule has 1 aliphatic heterocycles. The van der Waals surface area contributed by atoms with Crippen molar-refractivity contribution in [2.24, 2.45) is 7.05 Å². The first-order valence-electron chi connectivity index (χ1n) is 8.11. The van der Waals surface area contributed by atoms with Gasteiger partial charge in [-0.25, -0.2) is 4.98 Å². The molecule has 0 fully saturated rings. The van der Waals surface area contributed by atoms with Gasteiger partial charge in [-0.1, -0.05) is 30.3 Å². The summed E-state index contributed by atoms with van der Waals surface area (Å²) in [6, 6.07) is 10.5. The van der Waals surface area contributed by atoms with E-state index in [0.29, 0.717) is 0 Å². The molecule has 1 N–H and O–H groups in total. The van der Waals surface area contributed by atoms with Crippen LogP contribution in [0.25, 0.3) is 0 Å². The second-order valence-corrected chi connectivity index (χ2v) is 6.56. The predicted molar refractivity (Wildman–Crippen MR) is 89.8 cm³/mol. The Morgan fingerprint density at radius 3 is 2.78 bits per heavy atom. The van der Waals surface area contributed by atoms with E-state index in [1.54, 1.807) is 0 Å². The fraction of sp³-hybridized carbons (Fsp3) is 0.444. The lowest BCUT2D eigenvalue weighted by Crippen LogP contribution is -2.43. The quantitative estimate of drug-likeness (QED) is 0.940. The van der Waals surface area contributed by atoms with E-state index in [0.717, 1.165) is 31.0 Å². The van der Waals surface area contributed by atoms with Gasteiger partial charge in [0, 0.05) is 32.7 Å². The molecule has 1 aromatic heterocycles. The molecule has 2 heterocycles. The van der Waals surface area contributed by atoms with Crippen LogP contribution in [0, 0.1) is 0 Å². The van der Waals surface area contributed by atoms with Crippen LogP contribution in [0.3, 0.4) is 0 Å². The van der Waals surface area contributed by atoms with Gasteiger partial charge < -0.3 is 9.88 Å². The molecule has 23 heavy (non-hydrogen) atoms. The first kappa shape index (κ1) is 15.7. The second kappa shape index (κ2) is 6.54. The summed E-state index contributed by atoms with van der Waals surface area (Å²) in [5.41, 5.74) is 3.32. The SMILES string of the molecule is CC(C)NC(=O)[C@H]1CN(Cc2ccccc2)Cc2ncn(C)c21. The lowest BCUT2D eigenvalue weighted by atomic mass is 9.96. The van der Waals surface area contributed by atoms with E-state index in [4.69, 9.17) is 0 Å². The number of nitrogens with zero attached hydrogens (tertiary/aromatic N) is 3. The Hall–Kier alpha value is -2.14. The minimum atomic E-state index is -0.169. The molecule has 5 heteroatoms. The zero-order valence-corrected chi connectivity index (χ0v) is 14.0. The second-order valence-electron chi connectivity index (χ2n) is 6.56. The highest BCUT2D eigenvalue weighted by Crippen LogP contribution is 2.28. The molecule has 0 unspecified atom stereocenters. The van der Waals surface area contributed by atoms with Gasteiger partial charge in [-0.15, -0.1) is 0 Å². The van der Waals surface area contributed by atoms with Crippen molar-refractivity contribution < 1.29 is 4.79 Å². The van der Waals surface area contributed by atoms with E-state index >= 15 is 0 Å². The van der Waals surface area contributed by atoms with Gasteiger partial charge in [0.05, 0.1) is 23.6 Å². The monoisotopic (exact) mass is 312 g/mol. The number of rotatable bonds is 4. The Labute approximate surface area is 137 Å². The molecular weight excluding hydrogens is 288 g/mol. The van der Waals surface area contributed by atoms with Crippen LogP contribution in [0.1, 0.15) is 36.7 Å². The summed E-state index contributed by atoms with van der Waals surface area (Å²) < 4.78 is 1.99. The summed E-state index contributed by atoms with van der Waals surface area (Å²) in [7, 11) is 1.97. The number of benzene rings is 1. The third kappa shape index (κ3) is 3.45. The highest BCUT2D eigenvalue weighted by atomic mass is 16.2. The summed E-state index contributed by atoms with van der Waals surface area (Å²) in [6.45, 7) is 6.33. The molecule has 1 aromatic carbocycles. The highest BCUT2D eigenvalue weighted by molar-refractivity contribution is 5.84. The van der Waals surface area contributed by atoms with Crippen molar-refractivity contribution in [1.29, 1.82) is 0 Å². The number of nitrogens with one attached hydrogen (secondary N) is 1. The standard InChI is InChI=1S/C18H24N4O/c1-13(2)20-18(23)15-10-22(9-14-7-5-4-6-8-14)11-16-17(15)21(3)12-19-16/h4-8,12-13,15H,9-11H2,1-3H3,(H,20,23)/t15-/m0/s1. The number of carbonyl (C=O) groups excluding carboxylic acids is 1. The molecule has 1 amide bonds. The molecule has 0 spiro atoms. The van der Waals surface area contributed by atoms with Gasteiger partial charge >= 0.3 is 0 Å². The molecule has 1 atom stereocenters. The first-order valence-corrected chi connectivity index (χ1v) is 8.11. The lowest BCUT2D eigenvalue weighted by Gasteiger charge is -2.32. The van der Waals surface area contributed by atoms with E-state index < -0.39 is 0 Å². The van der Waals surface area contributed by atoms with Crippen LogP contribution in [0.2, 0.25) is 0 Å². The van der Waals surface area contributed by atoms with Crippen molar-refractivity contribution in [3.63, 3.8) is 0 Å². The van der Waals surface area contributed by atoms with Crippen LogP contribution in [0.4, 0.5) is 0 Å². The van der Waals surface area contributed by atoms with Crippen LogP contribution in [-0.2, 0) is 24.9 Å². The Kier molecular flexibility index (Phi) is 4.48. The van der Waals surface area contributed by atoms with Gasteiger partial charge in [-0.05, 0) is 19.4 Å². The molecule has 3 rings (SSSR count). The summed E-state index contributed by atoms with van der Waals surface area (Å²) in [6.07, 6.45) is 1.81. The molecule has 5 nitrogen and oxygen atoms in total. The molecule has 122 valence electrons. The van der Waals surface area contributed by atoms with E-state index in [-0.39, 0.29) is 17.9 Å². The van der Waals surface area contributed by atoms with Gasteiger partial charge in [-0.3, -0.25) is 9.69 Å². The van der Waals surface area contributed by atoms with Crippen LogP contribution in [0.15, 0.2) is 36.7 Å². The van der Waals surface area contributed by atoms with Crippen LogP contribution >= 0.6 is 0 Å². The van der Waals surface area contributed by atoms with Gasteiger partial charge in [0.25, 0.3) is 0 Å². The third-order valence-electron chi connectivity index (χ3n) is 4.20. The Bertz CT molecular complexity index is 678. The minimum Gasteiger partial charge on any atom is -0.353 e. The van der Waals surface area contributed by atoms with Crippen molar-refractivity contribution in [3.8, 4) is 0 Å². The topological polar surface area (TPSA) is 50.2 Å². The van der Waals surface area contributed by atoms with E-state index in [9.17, 15) is 4.79 Å². The van der Waals surface area contributed by atoms with Gasteiger partial charge in [-0.2, -0.15) is 0 Å². The summed E-state index contributed by atoms with van der Waals surface area (Å²) in [5, 5.41) is 3.05. The fourth-order valence-corrected chi connectivity index (χ4v) is 3.23. The average Bonchev–Trinajstić information content (AvgIpc) is 2.88. The number of hydrogen-bond acceptors (Lipinski definition) is 3. The van der Waals surface area contributed by atoms with Crippen molar-refractivity contribution in [2.45, 2.75) is 38.9 Å². The fourth-order valence-electron chi connectivity index (χ4n) is 3.23. The largest absolute Gasteiger partial charge is 0.353 e. The Morgan fingerprint density at radius 1 is 1.35 bits per heavy atom. The van der Waals surface area contributed by atoms with Crippen LogP contribution in [0.5, 0.6) is 0 Å². The zero-order valence-electron chi connectivity index (χ0n) is 14.0. The summed E-state index contributed by atoms with van der Waals surface area (Å²) >= 11 is 0. The number of fused-ring (bicyclic) bond motifs is 1. The molecule has 0 radical (unpaired) electrons. The van der Waals surface area contributed by atoms with Crippen LogP contribution < -0.4 is 5.32 Å². The van der Waals surface area contributed by atoms with E-state index in [1.807, 2.05) is 37.9 Å². The van der Waals surface area contributed by atoms with Crippen molar-refractivity contribution in [3.05, 3.63) is 53.6 Å². The van der Waals surface area contributed by atoms with Crippen molar-refractivity contribution >= 4 is 5.91 Å². The van der Waals surface area contributed by atoms with Gasteiger partial charge in [0.15, 0.2) is 0 Å². The zero-order chi connectivity index (χ0) is 16.4. The molecule has 0 saturated carbocycles. The maximum Gasteiger partial charge on any atom is 0.230 e. The Morgan fingerprint density at radius 2 is 2.09 bits per heavy atom. The average molecular weight is 312 g/mol. The number of hydrogen-bond donors (Lipinski definition) is 1. The van der Waals surface area contributed by atoms with Gasteiger partial charge in [0.2, 0.25) is 5.91 Å². The predicted octanol–water partition coefficient (Wildman–Crippen LogP) is 2.04. The minimum absolute atomic E-state index is 0.0858. The van der Waals surface area contributed by atoms with E-state index in [2.05, 4.69) is 39.5 Å². The number of carbonyl (C=O) groups is 1.